The molecule has 1 fully saturated rings. The number of nitrogens with zero attached hydrogens (tertiary/aromatic N) is 3. The second kappa shape index (κ2) is 10.6. The smallest absolute Gasteiger partial charge is 0.263 e. The molecule has 38 heavy (non-hydrogen) atoms. The molecule has 4 aromatic rings. The maximum absolute atomic E-state index is 13.9. The summed E-state index contributed by atoms with van der Waals surface area (Å²) in [5, 5.41) is 12.8. The number of aromatic nitrogens is 1. The third kappa shape index (κ3) is 4.65. The van der Waals surface area contributed by atoms with Crippen LogP contribution in [0.15, 0.2) is 72.9 Å². The highest BCUT2D eigenvalue weighted by Crippen LogP contribution is 2.47. The molecule has 2 aliphatic rings. The molecule has 0 saturated carbocycles. The summed E-state index contributed by atoms with van der Waals surface area (Å²) in [4.78, 5) is 17.9. The van der Waals surface area contributed by atoms with Crippen molar-refractivity contribution < 1.29 is 9.90 Å². The number of rotatable bonds is 6. The van der Waals surface area contributed by atoms with Crippen molar-refractivity contribution in [3.8, 4) is 0 Å². The molecule has 0 radical (unpaired) electrons. The van der Waals surface area contributed by atoms with Gasteiger partial charge in [0.15, 0.2) is 0 Å². The zero-order valence-electron chi connectivity index (χ0n) is 21.0. The number of piperidine rings is 1. The number of para-hydroxylation sites is 3. The van der Waals surface area contributed by atoms with Gasteiger partial charge in [-0.1, -0.05) is 72.1 Å². The Labute approximate surface area is 232 Å². The van der Waals surface area contributed by atoms with Crippen LogP contribution in [0, 0.1) is 0 Å². The number of benzene rings is 3. The maximum Gasteiger partial charge on any atom is 0.263 e. The summed E-state index contributed by atoms with van der Waals surface area (Å²) in [6.07, 6.45) is 7.18. The van der Waals surface area contributed by atoms with Crippen LogP contribution in [0.4, 0.5) is 11.4 Å². The van der Waals surface area contributed by atoms with Gasteiger partial charge in [0.1, 0.15) is 0 Å². The van der Waals surface area contributed by atoms with E-state index in [1.165, 1.54) is 19.3 Å². The number of likely N-dealkylation sites (tertiary alicyclic amines) is 1. The van der Waals surface area contributed by atoms with Gasteiger partial charge in [0.2, 0.25) is 0 Å². The van der Waals surface area contributed by atoms with Crippen molar-refractivity contribution in [2.45, 2.75) is 31.9 Å². The molecule has 1 aromatic heterocycles. The highest BCUT2D eigenvalue weighted by atomic mass is 35.5. The fourth-order valence-corrected chi connectivity index (χ4v) is 6.29. The molecule has 3 aromatic carbocycles. The van der Waals surface area contributed by atoms with Crippen LogP contribution in [0.2, 0.25) is 10.0 Å². The molecule has 0 aliphatic carbocycles. The number of aliphatic hydroxyl groups excluding tert-OH is 1. The van der Waals surface area contributed by atoms with Crippen LogP contribution < -0.4 is 4.90 Å². The van der Waals surface area contributed by atoms with Crippen LogP contribution >= 0.6 is 23.2 Å². The number of amides is 1. The van der Waals surface area contributed by atoms with Crippen LogP contribution in [0.5, 0.6) is 0 Å². The number of hydrogen-bond acceptors (Lipinski definition) is 3. The third-order valence-electron chi connectivity index (χ3n) is 7.47. The first-order chi connectivity index (χ1) is 18.5. The zero-order valence-corrected chi connectivity index (χ0v) is 22.5. The van der Waals surface area contributed by atoms with E-state index in [1.54, 1.807) is 23.1 Å². The molecule has 1 saturated heterocycles. The van der Waals surface area contributed by atoms with Crippen LogP contribution in [0.1, 0.15) is 30.4 Å². The lowest BCUT2D eigenvalue weighted by Crippen LogP contribution is -2.37. The summed E-state index contributed by atoms with van der Waals surface area (Å²) in [7, 11) is 0. The Hall–Kier alpha value is -3.09. The van der Waals surface area contributed by atoms with Crippen molar-refractivity contribution in [3.63, 3.8) is 0 Å². The van der Waals surface area contributed by atoms with Crippen molar-refractivity contribution in [1.29, 1.82) is 0 Å². The van der Waals surface area contributed by atoms with Gasteiger partial charge >= 0.3 is 0 Å². The van der Waals surface area contributed by atoms with Gasteiger partial charge in [-0.05, 0) is 56.3 Å². The molecule has 1 N–H and O–H groups in total. The molecule has 0 bridgehead atoms. The summed E-state index contributed by atoms with van der Waals surface area (Å²) in [5.41, 5.74) is 4.60. The normalized spacial score (nSPS) is 17.9. The molecule has 6 rings (SSSR count). The van der Waals surface area contributed by atoms with Crippen molar-refractivity contribution in [1.82, 2.24) is 9.47 Å². The molecule has 3 heterocycles. The molecule has 1 amide bonds. The molecule has 7 heteroatoms. The summed E-state index contributed by atoms with van der Waals surface area (Å²) in [5.74, 6) is -0.178. The molecular weight excluding hydrogens is 517 g/mol. The number of anilines is 2. The largest absolute Gasteiger partial charge is 0.390 e. The molecule has 1 unspecified atom stereocenters. The first kappa shape index (κ1) is 25.2. The Morgan fingerprint density at radius 2 is 1.58 bits per heavy atom. The summed E-state index contributed by atoms with van der Waals surface area (Å²) in [6, 6.07) is 21.1. The summed E-state index contributed by atoms with van der Waals surface area (Å²) >= 11 is 13.0. The lowest BCUT2D eigenvalue weighted by molar-refractivity contribution is -0.112. The number of carbonyl (C=O) groups is 1. The number of hydrogen-bond donors (Lipinski definition) is 1. The van der Waals surface area contributed by atoms with Crippen molar-refractivity contribution in [2.24, 2.45) is 0 Å². The minimum atomic E-state index is -0.476. The van der Waals surface area contributed by atoms with Gasteiger partial charge in [-0.3, -0.25) is 9.69 Å². The first-order valence-electron chi connectivity index (χ1n) is 13.1. The fourth-order valence-electron chi connectivity index (χ4n) is 5.73. The molecule has 194 valence electrons. The number of carbonyl (C=O) groups excluding carboxylic acids is 1. The van der Waals surface area contributed by atoms with Crippen LogP contribution in [0.25, 0.3) is 22.6 Å². The van der Waals surface area contributed by atoms with Crippen LogP contribution in [-0.4, -0.2) is 46.2 Å². The Bertz CT molecular complexity index is 1520. The highest BCUT2D eigenvalue weighted by molar-refractivity contribution is 6.45. The van der Waals surface area contributed by atoms with Gasteiger partial charge < -0.3 is 14.6 Å². The van der Waals surface area contributed by atoms with E-state index < -0.39 is 6.10 Å². The van der Waals surface area contributed by atoms with Gasteiger partial charge in [0.05, 0.1) is 33.1 Å². The van der Waals surface area contributed by atoms with Crippen LogP contribution in [-0.2, 0) is 11.3 Å². The van der Waals surface area contributed by atoms with E-state index in [9.17, 15) is 9.90 Å². The number of aliphatic hydroxyl groups is 1. The fraction of sp³-hybridized carbons (Fsp3) is 0.258. The Balaban J connectivity index is 1.38. The molecule has 5 nitrogen and oxygen atoms in total. The zero-order chi connectivity index (χ0) is 26.2. The maximum atomic E-state index is 13.9. The van der Waals surface area contributed by atoms with Gasteiger partial charge in [-0.15, -0.1) is 0 Å². The van der Waals surface area contributed by atoms with E-state index in [0.29, 0.717) is 34.4 Å². The topological polar surface area (TPSA) is 48.7 Å². The van der Waals surface area contributed by atoms with E-state index >= 15 is 0 Å². The molecule has 0 spiro atoms. The summed E-state index contributed by atoms with van der Waals surface area (Å²) < 4.78 is 2.10. The van der Waals surface area contributed by atoms with Gasteiger partial charge in [0, 0.05) is 41.3 Å². The van der Waals surface area contributed by atoms with Gasteiger partial charge in [-0.25, -0.2) is 0 Å². The second-order valence-corrected chi connectivity index (χ2v) is 10.9. The minimum Gasteiger partial charge on any atom is -0.390 e. The van der Waals surface area contributed by atoms with Crippen molar-refractivity contribution >= 4 is 63.0 Å². The first-order valence-corrected chi connectivity index (χ1v) is 13.8. The van der Waals surface area contributed by atoms with E-state index in [-0.39, 0.29) is 5.91 Å². The average molecular weight is 546 g/mol. The lowest BCUT2D eigenvalue weighted by Gasteiger charge is -2.28. The Morgan fingerprint density at radius 3 is 2.37 bits per heavy atom. The van der Waals surface area contributed by atoms with Crippen molar-refractivity contribution in [2.75, 3.05) is 24.5 Å². The lowest BCUT2D eigenvalue weighted by atomic mass is 10.0. The molecular formula is C31H29Cl2N3O2. The number of β-amino-alcohol motifs (C(OH)–C–C–N with tert-alkyl or cyclic N) is 1. The molecule has 1 atom stereocenters. The number of fused-ring (bicyclic) bond motifs is 2. The quantitative estimate of drug-likeness (QED) is 0.265. The second-order valence-electron chi connectivity index (χ2n) is 10.1. The minimum absolute atomic E-state index is 0.178. The average Bonchev–Trinajstić information content (AvgIpc) is 3.40. The standard InChI is InChI=1S/C31H29Cl2N3O2/c32-26-11-8-12-27(33)30(26)36-29-14-5-3-10-24(29)25(31(36)38)17-21-18-35(28-13-4-2-9-23(21)28)20-22(37)19-34-15-6-1-7-16-34/h2-5,8-14,17-18,22,37H,1,6-7,15-16,19-20H2/b25-17-. The third-order valence-corrected chi connectivity index (χ3v) is 8.08. The van der Waals surface area contributed by atoms with E-state index in [2.05, 4.69) is 21.6 Å². The van der Waals surface area contributed by atoms with Gasteiger partial charge in [-0.2, -0.15) is 0 Å². The van der Waals surface area contributed by atoms with Crippen LogP contribution in [0.3, 0.4) is 0 Å². The Kier molecular flexibility index (Phi) is 7.02. The predicted molar refractivity (Wildman–Crippen MR) is 156 cm³/mol. The van der Waals surface area contributed by atoms with E-state index in [4.69, 9.17) is 23.2 Å². The van der Waals surface area contributed by atoms with Gasteiger partial charge in [0.25, 0.3) is 5.91 Å². The predicted octanol–water partition coefficient (Wildman–Crippen LogP) is 7.01. The molecule has 2 aliphatic heterocycles. The van der Waals surface area contributed by atoms with E-state index in [0.717, 1.165) is 40.8 Å². The SMILES string of the molecule is O=C1/C(=C\c2cn(CC(O)CN3CCCCC3)c3ccccc23)c2ccccc2N1c1c(Cl)cccc1Cl. The highest BCUT2D eigenvalue weighted by Gasteiger charge is 2.35. The monoisotopic (exact) mass is 545 g/mol. The van der Waals surface area contributed by atoms with Crippen molar-refractivity contribution in [3.05, 3.63) is 94.1 Å². The number of halogens is 2. The van der Waals surface area contributed by atoms with E-state index in [1.807, 2.05) is 48.7 Å². The Morgan fingerprint density at radius 1 is 0.868 bits per heavy atom. The summed E-state index contributed by atoms with van der Waals surface area (Å²) in [6.45, 7) is 3.26.